The first kappa shape index (κ1) is 15.9. The fourth-order valence-electron chi connectivity index (χ4n) is 2.48. The van der Waals surface area contributed by atoms with E-state index >= 15 is 0 Å². The molecule has 24 heavy (non-hydrogen) atoms. The third-order valence-corrected chi connectivity index (χ3v) is 3.77. The van der Waals surface area contributed by atoms with E-state index in [9.17, 15) is 8.78 Å². The van der Waals surface area contributed by atoms with Crippen LogP contribution in [0.4, 0.5) is 20.4 Å². The van der Waals surface area contributed by atoms with E-state index in [-0.39, 0.29) is 11.6 Å². The van der Waals surface area contributed by atoms with E-state index in [1.807, 2.05) is 7.05 Å². The van der Waals surface area contributed by atoms with E-state index in [1.165, 1.54) is 31.4 Å². The Morgan fingerprint density at radius 1 is 1.00 bits per heavy atom. The van der Waals surface area contributed by atoms with Gasteiger partial charge in [-0.25, -0.2) is 8.78 Å². The molecule has 3 aromatic rings. The molecule has 0 spiro atoms. The summed E-state index contributed by atoms with van der Waals surface area (Å²) < 4.78 is 33.4. The summed E-state index contributed by atoms with van der Waals surface area (Å²) in [6.45, 7) is 0. The molecule has 2 aromatic carbocycles. The summed E-state index contributed by atoms with van der Waals surface area (Å²) in [5.74, 6) is 0.781. The topological polar surface area (TPSA) is 43.2 Å². The van der Waals surface area contributed by atoms with Crippen molar-refractivity contribution in [3.05, 3.63) is 54.1 Å². The average molecular weight is 330 g/mol. The summed E-state index contributed by atoms with van der Waals surface area (Å²) in [5, 5.41) is 8.37. The molecule has 0 fully saturated rings. The standard InChI is InChI=1S/C17H16F2N4O/c1-22(13-7-4-11(18)5-8-13)17-21-20-16(23(17)2)14-9-6-12(19)10-15(14)24-3/h4-10H,1-3H3. The lowest BCUT2D eigenvalue weighted by Gasteiger charge is -2.18. The van der Waals surface area contributed by atoms with Gasteiger partial charge in [-0.2, -0.15) is 0 Å². The van der Waals surface area contributed by atoms with Crippen molar-refractivity contribution < 1.29 is 13.5 Å². The molecule has 1 heterocycles. The van der Waals surface area contributed by atoms with Crippen LogP contribution in [0.2, 0.25) is 0 Å². The van der Waals surface area contributed by atoms with Gasteiger partial charge in [-0.3, -0.25) is 4.57 Å². The van der Waals surface area contributed by atoms with Gasteiger partial charge >= 0.3 is 0 Å². The Morgan fingerprint density at radius 2 is 1.67 bits per heavy atom. The van der Waals surface area contributed by atoms with Gasteiger partial charge in [0.1, 0.15) is 17.4 Å². The number of ether oxygens (including phenoxy) is 1. The van der Waals surface area contributed by atoms with Gasteiger partial charge in [0.2, 0.25) is 5.95 Å². The molecule has 0 saturated carbocycles. The van der Waals surface area contributed by atoms with Crippen molar-refractivity contribution in [3.8, 4) is 17.1 Å². The molecule has 5 nitrogen and oxygen atoms in total. The van der Waals surface area contributed by atoms with Crippen LogP contribution in [0, 0.1) is 11.6 Å². The third-order valence-electron chi connectivity index (χ3n) is 3.77. The predicted octanol–water partition coefficient (Wildman–Crippen LogP) is 3.54. The molecule has 0 aliphatic carbocycles. The smallest absolute Gasteiger partial charge is 0.231 e. The zero-order valence-electron chi connectivity index (χ0n) is 13.5. The molecular weight excluding hydrogens is 314 g/mol. The second-order valence-corrected chi connectivity index (χ2v) is 5.26. The molecule has 0 bridgehead atoms. The maximum Gasteiger partial charge on any atom is 0.231 e. The van der Waals surface area contributed by atoms with Gasteiger partial charge in [-0.1, -0.05) is 0 Å². The SMILES string of the molecule is COc1cc(F)ccc1-c1nnc(N(C)c2ccc(F)cc2)n1C. The van der Waals surface area contributed by atoms with Crippen LogP contribution < -0.4 is 9.64 Å². The Morgan fingerprint density at radius 3 is 2.33 bits per heavy atom. The first-order valence-electron chi connectivity index (χ1n) is 7.24. The van der Waals surface area contributed by atoms with Crippen LogP contribution in [0.3, 0.4) is 0 Å². The Balaban J connectivity index is 2.01. The van der Waals surface area contributed by atoms with Gasteiger partial charge in [0.25, 0.3) is 0 Å². The molecule has 0 unspecified atom stereocenters. The second-order valence-electron chi connectivity index (χ2n) is 5.26. The van der Waals surface area contributed by atoms with Gasteiger partial charge in [-0.05, 0) is 36.4 Å². The van der Waals surface area contributed by atoms with Gasteiger partial charge in [0.05, 0.1) is 12.7 Å². The van der Waals surface area contributed by atoms with Gasteiger partial charge in [0.15, 0.2) is 5.82 Å². The Hall–Kier alpha value is -2.96. The summed E-state index contributed by atoms with van der Waals surface area (Å²) in [5.41, 5.74) is 1.40. The Kier molecular flexibility index (Phi) is 4.16. The molecular formula is C17H16F2N4O. The predicted molar refractivity (Wildman–Crippen MR) is 87.4 cm³/mol. The lowest BCUT2D eigenvalue weighted by Crippen LogP contribution is -2.14. The summed E-state index contributed by atoms with van der Waals surface area (Å²) in [6, 6.07) is 10.3. The summed E-state index contributed by atoms with van der Waals surface area (Å²) >= 11 is 0. The van der Waals surface area contributed by atoms with Crippen LogP contribution in [0.1, 0.15) is 0 Å². The minimum atomic E-state index is -0.388. The molecule has 7 heteroatoms. The van der Waals surface area contributed by atoms with Crippen molar-refractivity contribution in [1.82, 2.24) is 14.8 Å². The molecule has 0 radical (unpaired) electrons. The van der Waals surface area contributed by atoms with Crippen LogP contribution in [-0.2, 0) is 7.05 Å². The van der Waals surface area contributed by atoms with E-state index in [2.05, 4.69) is 10.2 Å². The summed E-state index contributed by atoms with van der Waals surface area (Å²) in [4.78, 5) is 1.78. The summed E-state index contributed by atoms with van der Waals surface area (Å²) in [6.07, 6.45) is 0. The highest BCUT2D eigenvalue weighted by Gasteiger charge is 2.18. The monoisotopic (exact) mass is 330 g/mol. The molecule has 124 valence electrons. The van der Waals surface area contributed by atoms with Crippen LogP contribution in [0.15, 0.2) is 42.5 Å². The Labute approximate surface area is 138 Å². The molecule has 0 aliphatic heterocycles. The van der Waals surface area contributed by atoms with Crippen molar-refractivity contribution >= 4 is 11.6 Å². The lowest BCUT2D eigenvalue weighted by molar-refractivity contribution is 0.412. The number of nitrogens with zero attached hydrogens (tertiary/aromatic N) is 4. The van der Waals surface area contributed by atoms with Crippen molar-refractivity contribution in [1.29, 1.82) is 0 Å². The maximum atomic E-state index is 13.4. The van der Waals surface area contributed by atoms with Gasteiger partial charge in [-0.15, -0.1) is 10.2 Å². The highest BCUT2D eigenvalue weighted by molar-refractivity contribution is 5.67. The molecule has 0 saturated heterocycles. The fraction of sp³-hybridized carbons (Fsp3) is 0.176. The maximum absolute atomic E-state index is 13.4. The molecule has 0 aliphatic rings. The first-order valence-corrected chi connectivity index (χ1v) is 7.24. The minimum absolute atomic E-state index is 0.304. The van der Waals surface area contributed by atoms with Crippen molar-refractivity contribution in [3.63, 3.8) is 0 Å². The van der Waals surface area contributed by atoms with Gasteiger partial charge < -0.3 is 9.64 Å². The van der Waals surface area contributed by atoms with Crippen molar-refractivity contribution in [2.75, 3.05) is 19.1 Å². The number of hydrogen-bond acceptors (Lipinski definition) is 4. The normalized spacial score (nSPS) is 10.7. The zero-order chi connectivity index (χ0) is 17.3. The number of benzene rings is 2. The van der Waals surface area contributed by atoms with Crippen molar-refractivity contribution in [2.45, 2.75) is 0 Å². The number of rotatable bonds is 4. The largest absolute Gasteiger partial charge is 0.496 e. The zero-order valence-corrected chi connectivity index (χ0v) is 13.5. The van der Waals surface area contributed by atoms with Crippen molar-refractivity contribution in [2.24, 2.45) is 7.05 Å². The van der Waals surface area contributed by atoms with Crippen LogP contribution in [-0.4, -0.2) is 28.9 Å². The lowest BCUT2D eigenvalue weighted by atomic mass is 10.2. The third kappa shape index (κ3) is 2.80. The van der Waals surface area contributed by atoms with E-state index in [0.717, 1.165) is 5.69 Å². The number of hydrogen-bond donors (Lipinski definition) is 0. The summed E-state index contributed by atoms with van der Waals surface area (Å²) in [7, 11) is 5.08. The number of methoxy groups -OCH3 is 1. The van der Waals surface area contributed by atoms with E-state index in [1.54, 1.807) is 34.7 Å². The average Bonchev–Trinajstić information content (AvgIpc) is 2.96. The molecule has 3 rings (SSSR count). The van der Waals surface area contributed by atoms with E-state index in [4.69, 9.17) is 4.74 Å². The number of anilines is 2. The molecule has 0 atom stereocenters. The van der Waals surface area contributed by atoms with Gasteiger partial charge in [0, 0.05) is 25.8 Å². The molecule has 1 aromatic heterocycles. The second kappa shape index (κ2) is 6.27. The number of halogens is 2. The van der Waals surface area contributed by atoms with E-state index < -0.39 is 0 Å². The first-order chi connectivity index (χ1) is 11.5. The molecule has 0 amide bonds. The minimum Gasteiger partial charge on any atom is -0.496 e. The Bertz CT molecular complexity index is 862. The highest BCUT2D eigenvalue weighted by atomic mass is 19.1. The van der Waals surface area contributed by atoms with E-state index in [0.29, 0.717) is 23.1 Å². The van der Waals surface area contributed by atoms with Crippen LogP contribution in [0.25, 0.3) is 11.4 Å². The quantitative estimate of drug-likeness (QED) is 0.734. The number of aromatic nitrogens is 3. The van der Waals surface area contributed by atoms with Crippen LogP contribution >= 0.6 is 0 Å². The van der Waals surface area contributed by atoms with Crippen LogP contribution in [0.5, 0.6) is 5.75 Å². The molecule has 0 N–H and O–H groups in total. The fourth-order valence-corrected chi connectivity index (χ4v) is 2.48. The highest BCUT2D eigenvalue weighted by Crippen LogP contribution is 2.31.